The first-order chi connectivity index (χ1) is 13.7. The van der Waals surface area contributed by atoms with Crippen molar-refractivity contribution in [1.29, 1.82) is 0 Å². The fraction of sp³-hybridized carbons (Fsp3) is 0.261. The number of nitrogens with zero attached hydrogens (tertiary/aromatic N) is 2. The zero-order chi connectivity index (χ0) is 19.1. The lowest BCUT2D eigenvalue weighted by molar-refractivity contribution is 0.102. The fourth-order valence-corrected chi connectivity index (χ4v) is 6.28. The Balaban J connectivity index is 1.44. The van der Waals surface area contributed by atoms with Crippen LogP contribution < -0.4 is 0 Å². The van der Waals surface area contributed by atoms with Gasteiger partial charge in [0, 0.05) is 15.8 Å². The van der Waals surface area contributed by atoms with E-state index in [0.29, 0.717) is 5.75 Å². The summed E-state index contributed by atoms with van der Waals surface area (Å²) >= 11 is 3.37. The van der Waals surface area contributed by atoms with E-state index >= 15 is 0 Å². The second-order valence-corrected chi connectivity index (χ2v) is 9.29. The lowest BCUT2D eigenvalue weighted by Crippen LogP contribution is -2.04. The van der Waals surface area contributed by atoms with E-state index in [-0.39, 0.29) is 5.78 Å². The number of benzene rings is 2. The standard InChI is InChI=1S/C23H20N2OS2/c1-14-24-22(21-18-8-4-5-9-20(18)28-23(21)25-14)27-13-19(26)17-11-10-15-6-2-3-7-16(15)12-17/h2-3,6-7,10-12H,4-5,8-9,13H2,1H3. The molecule has 3 nitrogen and oxygen atoms in total. The molecule has 1 aliphatic carbocycles. The number of Topliss-reactive ketones (excluding diaryl/α,β-unsaturated/α-hetero) is 1. The van der Waals surface area contributed by atoms with Crippen LogP contribution in [0.15, 0.2) is 47.5 Å². The highest BCUT2D eigenvalue weighted by Crippen LogP contribution is 2.39. The van der Waals surface area contributed by atoms with Crippen LogP contribution in [0.25, 0.3) is 21.0 Å². The molecule has 0 spiro atoms. The van der Waals surface area contributed by atoms with E-state index < -0.39 is 0 Å². The summed E-state index contributed by atoms with van der Waals surface area (Å²) in [6.07, 6.45) is 4.74. The predicted octanol–water partition coefficient (Wildman–Crippen LogP) is 6.01. The molecule has 1 aliphatic rings. The summed E-state index contributed by atoms with van der Waals surface area (Å²) < 4.78 is 0. The van der Waals surface area contributed by atoms with Gasteiger partial charge < -0.3 is 0 Å². The van der Waals surface area contributed by atoms with Crippen molar-refractivity contribution < 1.29 is 4.79 Å². The van der Waals surface area contributed by atoms with Gasteiger partial charge in [-0.15, -0.1) is 11.3 Å². The van der Waals surface area contributed by atoms with E-state index in [2.05, 4.69) is 11.1 Å². The van der Waals surface area contributed by atoms with Crippen LogP contribution in [0.4, 0.5) is 0 Å². The molecular weight excluding hydrogens is 384 g/mol. The number of aromatic nitrogens is 2. The van der Waals surface area contributed by atoms with E-state index in [1.807, 2.05) is 54.7 Å². The maximum absolute atomic E-state index is 12.8. The molecule has 0 radical (unpaired) electrons. The van der Waals surface area contributed by atoms with Gasteiger partial charge in [-0.05, 0) is 55.0 Å². The van der Waals surface area contributed by atoms with Crippen molar-refractivity contribution in [2.45, 2.75) is 37.6 Å². The minimum atomic E-state index is 0.143. The van der Waals surface area contributed by atoms with Crippen molar-refractivity contribution in [2.75, 3.05) is 5.75 Å². The van der Waals surface area contributed by atoms with Gasteiger partial charge in [0.25, 0.3) is 0 Å². The van der Waals surface area contributed by atoms with Crippen LogP contribution in [0.1, 0.15) is 39.5 Å². The van der Waals surface area contributed by atoms with Crippen molar-refractivity contribution in [1.82, 2.24) is 9.97 Å². The molecule has 0 aliphatic heterocycles. The van der Waals surface area contributed by atoms with Crippen LogP contribution in [-0.2, 0) is 12.8 Å². The molecule has 28 heavy (non-hydrogen) atoms. The topological polar surface area (TPSA) is 42.9 Å². The van der Waals surface area contributed by atoms with E-state index in [9.17, 15) is 4.79 Å². The summed E-state index contributed by atoms with van der Waals surface area (Å²) in [4.78, 5) is 24.8. The average Bonchev–Trinajstić information content (AvgIpc) is 3.09. The number of rotatable bonds is 4. The Hall–Kier alpha value is -2.24. The first kappa shape index (κ1) is 17.8. The summed E-state index contributed by atoms with van der Waals surface area (Å²) in [7, 11) is 0. The monoisotopic (exact) mass is 404 g/mol. The molecule has 0 N–H and O–H groups in total. The second-order valence-electron chi connectivity index (χ2n) is 7.24. The fourth-order valence-electron chi connectivity index (χ4n) is 3.91. The molecule has 5 rings (SSSR count). The van der Waals surface area contributed by atoms with Gasteiger partial charge in [0.05, 0.1) is 5.75 Å². The molecule has 0 bridgehead atoms. The number of thiophene rings is 1. The Bertz CT molecular complexity index is 1210. The van der Waals surface area contributed by atoms with Crippen LogP contribution in [0.2, 0.25) is 0 Å². The van der Waals surface area contributed by atoms with Crippen LogP contribution in [-0.4, -0.2) is 21.5 Å². The summed E-state index contributed by atoms with van der Waals surface area (Å²) in [5, 5.41) is 4.42. The molecular formula is C23H20N2OS2. The molecule has 4 aromatic rings. The van der Waals surface area contributed by atoms with Gasteiger partial charge in [-0.3, -0.25) is 4.79 Å². The van der Waals surface area contributed by atoms with Crippen LogP contribution in [0, 0.1) is 6.92 Å². The highest BCUT2D eigenvalue weighted by molar-refractivity contribution is 8.00. The minimum Gasteiger partial charge on any atom is -0.293 e. The van der Waals surface area contributed by atoms with Crippen molar-refractivity contribution in [3.63, 3.8) is 0 Å². The molecule has 0 atom stereocenters. The zero-order valence-electron chi connectivity index (χ0n) is 15.7. The Labute approximate surface area is 172 Å². The third-order valence-electron chi connectivity index (χ3n) is 5.30. The van der Waals surface area contributed by atoms with Crippen molar-refractivity contribution in [2.24, 2.45) is 0 Å². The quantitative estimate of drug-likeness (QED) is 0.237. The highest BCUT2D eigenvalue weighted by Gasteiger charge is 2.21. The summed E-state index contributed by atoms with van der Waals surface area (Å²) in [5.41, 5.74) is 2.19. The third-order valence-corrected chi connectivity index (χ3v) is 7.47. The summed E-state index contributed by atoms with van der Waals surface area (Å²) in [5.74, 6) is 1.32. The number of fused-ring (bicyclic) bond motifs is 4. The number of thioether (sulfide) groups is 1. The zero-order valence-corrected chi connectivity index (χ0v) is 17.3. The first-order valence-corrected chi connectivity index (χ1v) is 11.4. The molecule has 2 aromatic heterocycles. The summed E-state index contributed by atoms with van der Waals surface area (Å²) in [6, 6.07) is 14.1. The number of carbonyl (C=O) groups excluding carboxylic acids is 1. The molecule has 2 aromatic carbocycles. The van der Waals surface area contributed by atoms with E-state index in [1.165, 1.54) is 28.7 Å². The molecule has 0 saturated carbocycles. The molecule has 0 fully saturated rings. The molecule has 5 heteroatoms. The van der Waals surface area contributed by atoms with Gasteiger partial charge in [-0.1, -0.05) is 48.2 Å². The van der Waals surface area contributed by atoms with Crippen LogP contribution in [0.3, 0.4) is 0 Å². The molecule has 0 unspecified atom stereocenters. The normalized spacial score (nSPS) is 13.8. The second kappa shape index (κ2) is 7.30. The number of hydrogen-bond donors (Lipinski definition) is 0. The van der Waals surface area contributed by atoms with Gasteiger partial charge >= 0.3 is 0 Å². The molecule has 2 heterocycles. The largest absolute Gasteiger partial charge is 0.293 e. The Kier molecular flexibility index (Phi) is 4.65. The third kappa shape index (κ3) is 3.23. The van der Waals surface area contributed by atoms with Gasteiger partial charge in [-0.2, -0.15) is 0 Å². The average molecular weight is 405 g/mol. The van der Waals surface area contributed by atoms with Crippen molar-refractivity contribution in [3.05, 3.63) is 64.3 Å². The molecule has 140 valence electrons. The number of ketones is 1. The lowest BCUT2D eigenvalue weighted by atomic mass is 9.97. The maximum atomic E-state index is 12.8. The van der Waals surface area contributed by atoms with Crippen molar-refractivity contribution >= 4 is 49.9 Å². The summed E-state index contributed by atoms with van der Waals surface area (Å²) in [6.45, 7) is 1.94. The minimum absolute atomic E-state index is 0.143. The molecule has 0 amide bonds. The predicted molar refractivity (Wildman–Crippen MR) is 118 cm³/mol. The molecule has 0 saturated heterocycles. The van der Waals surface area contributed by atoms with Gasteiger partial charge in [0.1, 0.15) is 15.7 Å². The Morgan fingerprint density at radius 1 is 1.07 bits per heavy atom. The number of hydrogen-bond acceptors (Lipinski definition) is 5. The smallest absolute Gasteiger partial charge is 0.173 e. The van der Waals surface area contributed by atoms with E-state index in [1.54, 1.807) is 11.8 Å². The lowest BCUT2D eigenvalue weighted by Gasteiger charge is -2.11. The van der Waals surface area contributed by atoms with Crippen LogP contribution in [0.5, 0.6) is 0 Å². The van der Waals surface area contributed by atoms with E-state index in [0.717, 1.165) is 44.9 Å². The van der Waals surface area contributed by atoms with Gasteiger partial charge in [0.15, 0.2) is 5.78 Å². The van der Waals surface area contributed by atoms with Gasteiger partial charge in [0.2, 0.25) is 0 Å². The number of aryl methyl sites for hydroxylation is 3. The van der Waals surface area contributed by atoms with Crippen LogP contribution >= 0.6 is 23.1 Å². The Morgan fingerprint density at radius 3 is 2.79 bits per heavy atom. The van der Waals surface area contributed by atoms with Gasteiger partial charge in [-0.25, -0.2) is 9.97 Å². The number of carbonyl (C=O) groups is 1. The van der Waals surface area contributed by atoms with E-state index in [4.69, 9.17) is 4.98 Å². The Morgan fingerprint density at radius 2 is 1.89 bits per heavy atom. The first-order valence-electron chi connectivity index (χ1n) is 9.63. The maximum Gasteiger partial charge on any atom is 0.173 e. The SMILES string of the molecule is Cc1nc(SCC(=O)c2ccc3ccccc3c2)c2c3c(sc2n1)CCCC3. The van der Waals surface area contributed by atoms with Crippen molar-refractivity contribution in [3.8, 4) is 0 Å². The highest BCUT2D eigenvalue weighted by atomic mass is 32.2.